The second kappa shape index (κ2) is 12.1. The quantitative estimate of drug-likeness (QED) is 0.274. The number of anilines is 2. The first-order chi connectivity index (χ1) is 14.3. The van der Waals surface area contributed by atoms with Gasteiger partial charge in [0.05, 0.1) is 30.8 Å². The highest BCUT2D eigenvalue weighted by Gasteiger charge is 2.21. The summed E-state index contributed by atoms with van der Waals surface area (Å²) in [5.41, 5.74) is 9.94. The third-order valence-corrected chi connectivity index (χ3v) is 5.10. The Labute approximate surface area is 201 Å². The van der Waals surface area contributed by atoms with E-state index in [9.17, 15) is 4.79 Å². The number of aromatic nitrogens is 2. The summed E-state index contributed by atoms with van der Waals surface area (Å²) in [6, 6.07) is 15.1. The van der Waals surface area contributed by atoms with E-state index in [1.165, 1.54) is 5.56 Å². The van der Waals surface area contributed by atoms with Gasteiger partial charge in [-0.2, -0.15) is 0 Å². The normalized spacial score (nSPS) is 11.1. The Morgan fingerprint density at radius 2 is 1.84 bits per heavy atom. The molecule has 0 spiro atoms. The third-order valence-electron chi connectivity index (χ3n) is 5.10. The van der Waals surface area contributed by atoms with E-state index in [1.54, 1.807) is 18.6 Å². The second-order valence-electron chi connectivity index (χ2n) is 7.60. The van der Waals surface area contributed by atoms with Gasteiger partial charge in [0.25, 0.3) is 0 Å². The first-order valence-corrected chi connectivity index (χ1v) is 9.94. The highest BCUT2D eigenvalue weighted by atomic mass is 35.5. The number of H-pyrrole nitrogens is 1. The average Bonchev–Trinajstić information content (AvgIpc) is 3.27. The number of carbonyl (C=O) groups excluding carboxylic acids is 1. The summed E-state index contributed by atoms with van der Waals surface area (Å²) >= 11 is 0. The molecule has 0 aliphatic rings. The zero-order valence-electron chi connectivity index (χ0n) is 18.3. The van der Waals surface area contributed by atoms with E-state index in [-0.39, 0.29) is 49.1 Å². The molecule has 172 valence electrons. The lowest BCUT2D eigenvalue weighted by atomic mass is 10.0. The number of amidine groups is 1. The minimum atomic E-state index is -0.135. The number of benzene rings is 2. The van der Waals surface area contributed by atoms with Crippen molar-refractivity contribution in [2.45, 2.75) is 32.7 Å². The molecular formula is C23H30Cl2N6O. The lowest BCUT2D eigenvalue weighted by molar-refractivity contribution is -0.115. The summed E-state index contributed by atoms with van der Waals surface area (Å²) in [4.78, 5) is 22.0. The lowest BCUT2D eigenvalue weighted by Gasteiger charge is -2.30. The third kappa shape index (κ3) is 6.73. The van der Waals surface area contributed by atoms with Crippen molar-refractivity contribution >= 4 is 47.9 Å². The van der Waals surface area contributed by atoms with Crippen molar-refractivity contribution in [3.63, 3.8) is 0 Å². The van der Waals surface area contributed by atoms with Gasteiger partial charge in [-0.15, -0.1) is 24.8 Å². The molecule has 9 heteroatoms. The highest BCUT2D eigenvalue weighted by Crippen LogP contribution is 2.26. The molecule has 0 saturated heterocycles. The fourth-order valence-electron chi connectivity index (χ4n) is 3.27. The van der Waals surface area contributed by atoms with Gasteiger partial charge >= 0.3 is 0 Å². The van der Waals surface area contributed by atoms with Crippen molar-refractivity contribution in [1.82, 2.24) is 9.97 Å². The number of halogens is 2. The molecule has 1 heterocycles. The number of imidazole rings is 1. The average molecular weight is 477 g/mol. The molecule has 5 N–H and O–H groups in total. The van der Waals surface area contributed by atoms with Gasteiger partial charge in [0, 0.05) is 16.9 Å². The molecule has 0 aliphatic carbocycles. The van der Waals surface area contributed by atoms with Crippen LogP contribution in [0.1, 0.15) is 49.6 Å². The largest absolute Gasteiger partial charge is 0.384 e. The van der Waals surface area contributed by atoms with Crippen molar-refractivity contribution in [2.24, 2.45) is 5.73 Å². The van der Waals surface area contributed by atoms with Crippen LogP contribution in [0.2, 0.25) is 0 Å². The van der Waals surface area contributed by atoms with Crippen molar-refractivity contribution in [3.8, 4) is 0 Å². The molecule has 3 rings (SSSR count). The Bertz CT molecular complexity index is 1010. The van der Waals surface area contributed by atoms with Crippen LogP contribution < -0.4 is 16.0 Å². The molecule has 32 heavy (non-hydrogen) atoms. The Hall–Kier alpha value is -3.03. The monoisotopic (exact) mass is 476 g/mol. The van der Waals surface area contributed by atoms with Crippen molar-refractivity contribution in [2.75, 3.05) is 16.8 Å². The number of carbonyl (C=O) groups is 1. The number of aromatic amines is 1. The Kier molecular flexibility index (Phi) is 10.2. The lowest BCUT2D eigenvalue weighted by Crippen LogP contribution is -2.35. The molecule has 1 unspecified atom stereocenters. The summed E-state index contributed by atoms with van der Waals surface area (Å²) < 4.78 is 0. The number of nitrogens with one attached hydrogen (secondary N) is 3. The highest BCUT2D eigenvalue weighted by molar-refractivity contribution is 5.97. The van der Waals surface area contributed by atoms with Crippen LogP contribution >= 0.6 is 24.8 Å². The van der Waals surface area contributed by atoms with Crippen LogP contribution in [0.4, 0.5) is 11.4 Å². The molecule has 0 saturated carbocycles. The van der Waals surface area contributed by atoms with Crippen molar-refractivity contribution in [1.29, 1.82) is 5.41 Å². The van der Waals surface area contributed by atoms with Crippen LogP contribution in [-0.4, -0.2) is 28.3 Å². The van der Waals surface area contributed by atoms with Crippen LogP contribution in [0.5, 0.6) is 0 Å². The van der Waals surface area contributed by atoms with Gasteiger partial charge < -0.3 is 20.9 Å². The van der Waals surface area contributed by atoms with Crippen LogP contribution in [-0.2, 0) is 4.79 Å². The van der Waals surface area contributed by atoms with Gasteiger partial charge in [-0.1, -0.05) is 38.1 Å². The Morgan fingerprint density at radius 1 is 1.16 bits per heavy atom. The van der Waals surface area contributed by atoms with Crippen LogP contribution in [0.3, 0.4) is 0 Å². The molecule has 1 atom stereocenters. The number of hydrogen-bond acceptors (Lipinski definition) is 4. The summed E-state index contributed by atoms with van der Waals surface area (Å²) in [5, 5.41) is 10.7. The van der Waals surface area contributed by atoms with Crippen LogP contribution in [0.15, 0.2) is 61.1 Å². The van der Waals surface area contributed by atoms with E-state index in [1.807, 2.05) is 54.3 Å². The van der Waals surface area contributed by atoms with E-state index >= 15 is 0 Å². The predicted molar refractivity (Wildman–Crippen MR) is 135 cm³/mol. The molecule has 0 fully saturated rings. The first kappa shape index (κ1) is 27.0. The van der Waals surface area contributed by atoms with E-state index < -0.39 is 0 Å². The molecule has 1 amide bonds. The minimum absolute atomic E-state index is 0. The number of nitrogens with zero attached hydrogens (tertiary/aromatic N) is 2. The van der Waals surface area contributed by atoms with E-state index in [0.29, 0.717) is 11.5 Å². The van der Waals surface area contributed by atoms with Crippen LogP contribution in [0, 0.1) is 5.41 Å². The summed E-state index contributed by atoms with van der Waals surface area (Å²) in [7, 11) is 0. The van der Waals surface area contributed by atoms with Gasteiger partial charge in [0.2, 0.25) is 5.91 Å². The fraction of sp³-hybridized carbons (Fsp3) is 0.261. The summed E-state index contributed by atoms with van der Waals surface area (Å²) in [6.45, 7) is 6.40. The van der Waals surface area contributed by atoms with E-state index in [4.69, 9.17) is 11.1 Å². The van der Waals surface area contributed by atoms with Crippen molar-refractivity contribution in [3.05, 3.63) is 77.9 Å². The molecule has 3 aromatic rings. The second-order valence-corrected chi connectivity index (χ2v) is 7.60. The van der Waals surface area contributed by atoms with Gasteiger partial charge in [-0.3, -0.25) is 10.2 Å². The molecule has 0 radical (unpaired) electrons. The Morgan fingerprint density at radius 3 is 2.41 bits per heavy atom. The van der Waals surface area contributed by atoms with E-state index in [0.717, 1.165) is 17.1 Å². The topological polar surface area (TPSA) is 111 Å². The van der Waals surface area contributed by atoms with Gasteiger partial charge in [0.1, 0.15) is 5.84 Å². The molecule has 7 nitrogen and oxygen atoms in total. The fourth-order valence-corrected chi connectivity index (χ4v) is 3.27. The van der Waals surface area contributed by atoms with E-state index in [2.05, 4.69) is 29.1 Å². The maximum absolute atomic E-state index is 12.9. The summed E-state index contributed by atoms with van der Waals surface area (Å²) in [6.07, 6.45) is 3.36. The number of nitrogen functional groups attached to an aromatic ring is 1. The maximum Gasteiger partial charge on any atom is 0.243 e. The molecule has 1 aromatic heterocycles. The standard InChI is InChI=1S/C23H28N6O.2ClH/c1-15(2)17-7-9-19(10-8-17)28-22(30)13-29(16(3)21-12-26-14-27-21)20-6-4-5-18(11-20)23(24)25;;/h4-12,14-16H,13H2,1-3H3,(H3,24,25)(H,26,27)(H,28,30);2*1H. The molecular weight excluding hydrogens is 447 g/mol. The maximum atomic E-state index is 12.9. The first-order valence-electron chi connectivity index (χ1n) is 9.94. The Balaban J connectivity index is 0.00000256. The molecule has 0 aliphatic heterocycles. The predicted octanol–water partition coefficient (Wildman–Crippen LogP) is 4.87. The van der Waals surface area contributed by atoms with Crippen LogP contribution in [0.25, 0.3) is 0 Å². The van der Waals surface area contributed by atoms with Gasteiger partial charge in [-0.25, -0.2) is 4.98 Å². The number of rotatable bonds is 8. The smallest absolute Gasteiger partial charge is 0.243 e. The van der Waals surface area contributed by atoms with Crippen molar-refractivity contribution < 1.29 is 4.79 Å². The number of hydrogen-bond donors (Lipinski definition) is 4. The van der Waals surface area contributed by atoms with Gasteiger partial charge in [0.15, 0.2) is 0 Å². The molecule has 0 bridgehead atoms. The number of amides is 1. The SMILES string of the molecule is CC(C)c1ccc(NC(=O)CN(c2cccc(C(=N)N)c2)C(C)c2cnc[nH]2)cc1.Cl.Cl. The van der Waals surface area contributed by atoms with Gasteiger partial charge in [-0.05, 0) is 42.7 Å². The molecule has 2 aromatic carbocycles. The zero-order valence-corrected chi connectivity index (χ0v) is 20.0. The number of nitrogens with two attached hydrogens (primary N) is 1. The summed E-state index contributed by atoms with van der Waals surface area (Å²) in [5.74, 6) is 0.293. The zero-order chi connectivity index (χ0) is 21.7. The minimum Gasteiger partial charge on any atom is -0.384 e.